The summed E-state index contributed by atoms with van der Waals surface area (Å²) in [4.78, 5) is 12.8. The Balaban J connectivity index is 2.34. The first-order valence-corrected chi connectivity index (χ1v) is 5.11. The first-order valence-electron chi connectivity index (χ1n) is 5.11. The van der Waals surface area contributed by atoms with Crippen molar-refractivity contribution in [3.05, 3.63) is 35.6 Å². The molecule has 0 aliphatic heterocycles. The molecule has 0 aromatic heterocycles. The zero-order chi connectivity index (χ0) is 12.0. The van der Waals surface area contributed by atoms with E-state index in [4.69, 9.17) is 0 Å². The Hall–Kier alpha value is -1.42. The second kappa shape index (κ2) is 6.23. The van der Waals surface area contributed by atoms with Crippen molar-refractivity contribution < 1.29 is 13.9 Å². The molecule has 1 rings (SSSR count). The standard InChI is InChI=1S/C12H16FNO2/c1-14(9-12(15)16-2)8-7-10-3-5-11(13)6-4-10/h3-6H,7-9H2,1-2H3. The number of methoxy groups -OCH3 is 1. The lowest BCUT2D eigenvalue weighted by atomic mass is 10.1. The molecule has 0 radical (unpaired) electrons. The molecule has 0 amide bonds. The average Bonchev–Trinajstić information content (AvgIpc) is 2.28. The van der Waals surface area contributed by atoms with Crippen molar-refractivity contribution in [3.8, 4) is 0 Å². The lowest BCUT2D eigenvalue weighted by molar-refractivity contribution is -0.141. The Labute approximate surface area is 94.8 Å². The largest absolute Gasteiger partial charge is 0.468 e. The third-order valence-electron chi connectivity index (χ3n) is 2.32. The van der Waals surface area contributed by atoms with Crippen LogP contribution in [0.1, 0.15) is 5.56 Å². The second-order valence-electron chi connectivity index (χ2n) is 3.69. The molecule has 0 saturated carbocycles. The van der Waals surface area contributed by atoms with Crippen LogP contribution in [0, 0.1) is 5.82 Å². The zero-order valence-electron chi connectivity index (χ0n) is 9.57. The number of ether oxygens (including phenoxy) is 1. The Kier molecular flexibility index (Phi) is 4.92. The van der Waals surface area contributed by atoms with Gasteiger partial charge in [0.25, 0.3) is 0 Å². The van der Waals surface area contributed by atoms with Gasteiger partial charge in [0.15, 0.2) is 0 Å². The van der Waals surface area contributed by atoms with Gasteiger partial charge in [-0.1, -0.05) is 12.1 Å². The molecule has 0 atom stereocenters. The predicted octanol–water partition coefficient (Wildman–Crippen LogP) is 1.47. The number of carbonyl (C=O) groups is 1. The monoisotopic (exact) mass is 225 g/mol. The molecule has 1 aromatic rings. The van der Waals surface area contributed by atoms with Gasteiger partial charge in [-0.3, -0.25) is 9.69 Å². The number of hydrogen-bond acceptors (Lipinski definition) is 3. The van der Waals surface area contributed by atoms with Gasteiger partial charge in [-0.15, -0.1) is 0 Å². The summed E-state index contributed by atoms with van der Waals surface area (Å²) in [6.45, 7) is 1.01. The van der Waals surface area contributed by atoms with Crippen LogP contribution in [-0.2, 0) is 16.0 Å². The second-order valence-corrected chi connectivity index (χ2v) is 3.69. The summed E-state index contributed by atoms with van der Waals surface area (Å²) in [6.07, 6.45) is 0.785. The fraction of sp³-hybridized carbons (Fsp3) is 0.417. The van der Waals surface area contributed by atoms with Crippen LogP contribution in [0.5, 0.6) is 0 Å². The van der Waals surface area contributed by atoms with Crippen molar-refractivity contribution in [3.63, 3.8) is 0 Å². The fourth-order valence-corrected chi connectivity index (χ4v) is 1.34. The summed E-state index contributed by atoms with van der Waals surface area (Å²) in [5.41, 5.74) is 1.05. The van der Waals surface area contributed by atoms with E-state index in [1.54, 1.807) is 12.1 Å². The van der Waals surface area contributed by atoms with Crippen LogP contribution < -0.4 is 0 Å². The highest BCUT2D eigenvalue weighted by Gasteiger charge is 2.05. The van der Waals surface area contributed by atoms with Crippen LogP contribution in [0.4, 0.5) is 4.39 Å². The van der Waals surface area contributed by atoms with Crippen LogP contribution in [-0.4, -0.2) is 38.1 Å². The lowest BCUT2D eigenvalue weighted by Gasteiger charge is -2.14. The van der Waals surface area contributed by atoms with Crippen LogP contribution in [0.2, 0.25) is 0 Å². The Morgan fingerprint density at radius 1 is 1.38 bits per heavy atom. The van der Waals surface area contributed by atoms with E-state index in [1.807, 2.05) is 11.9 Å². The van der Waals surface area contributed by atoms with E-state index in [9.17, 15) is 9.18 Å². The first kappa shape index (κ1) is 12.6. The molecule has 0 aliphatic carbocycles. The summed E-state index contributed by atoms with van der Waals surface area (Å²) >= 11 is 0. The van der Waals surface area contributed by atoms with Crippen LogP contribution in [0.3, 0.4) is 0 Å². The van der Waals surface area contributed by atoms with E-state index in [2.05, 4.69) is 4.74 Å². The highest BCUT2D eigenvalue weighted by Crippen LogP contribution is 2.04. The molecular weight excluding hydrogens is 209 g/mol. The first-order chi connectivity index (χ1) is 7.61. The summed E-state index contributed by atoms with van der Waals surface area (Å²) in [5, 5.41) is 0. The third kappa shape index (κ3) is 4.40. The Bertz CT molecular complexity index is 337. The number of nitrogens with zero attached hydrogens (tertiary/aromatic N) is 1. The summed E-state index contributed by atoms with van der Waals surface area (Å²) in [5.74, 6) is -0.478. The van der Waals surface area contributed by atoms with Crippen molar-refractivity contribution in [1.82, 2.24) is 4.90 Å². The normalized spacial score (nSPS) is 10.5. The molecule has 16 heavy (non-hydrogen) atoms. The van der Waals surface area contributed by atoms with Gasteiger partial charge in [0.2, 0.25) is 0 Å². The molecule has 0 saturated heterocycles. The van der Waals surface area contributed by atoms with Crippen LogP contribution in [0.25, 0.3) is 0 Å². The molecular formula is C12H16FNO2. The molecule has 88 valence electrons. The van der Waals surface area contributed by atoms with Gasteiger partial charge in [0.1, 0.15) is 5.82 Å². The van der Waals surface area contributed by atoms with E-state index >= 15 is 0 Å². The van der Waals surface area contributed by atoms with E-state index in [0.717, 1.165) is 18.5 Å². The van der Waals surface area contributed by atoms with Crippen molar-refractivity contribution in [1.29, 1.82) is 0 Å². The van der Waals surface area contributed by atoms with E-state index in [1.165, 1.54) is 19.2 Å². The minimum atomic E-state index is -0.249. The quantitative estimate of drug-likeness (QED) is 0.711. The number of rotatable bonds is 5. The van der Waals surface area contributed by atoms with Gasteiger partial charge in [-0.25, -0.2) is 4.39 Å². The van der Waals surface area contributed by atoms with Crippen molar-refractivity contribution in [2.45, 2.75) is 6.42 Å². The number of esters is 1. The van der Waals surface area contributed by atoms with Gasteiger partial charge >= 0.3 is 5.97 Å². The maximum Gasteiger partial charge on any atom is 0.319 e. The molecule has 0 heterocycles. The molecule has 0 spiro atoms. The van der Waals surface area contributed by atoms with E-state index in [0.29, 0.717) is 0 Å². The zero-order valence-corrected chi connectivity index (χ0v) is 9.57. The number of likely N-dealkylation sites (N-methyl/N-ethyl adjacent to an activating group) is 1. The molecule has 0 bridgehead atoms. The molecule has 1 aromatic carbocycles. The number of halogens is 1. The highest BCUT2D eigenvalue weighted by atomic mass is 19.1. The van der Waals surface area contributed by atoms with E-state index in [-0.39, 0.29) is 18.3 Å². The minimum absolute atomic E-state index is 0.230. The molecule has 0 unspecified atom stereocenters. The molecule has 3 nitrogen and oxygen atoms in total. The van der Waals surface area contributed by atoms with Gasteiger partial charge in [0.05, 0.1) is 13.7 Å². The summed E-state index contributed by atoms with van der Waals surface area (Å²) in [7, 11) is 3.22. The van der Waals surface area contributed by atoms with Gasteiger partial charge < -0.3 is 4.74 Å². The Morgan fingerprint density at radius 2 is 2.00 bits per heavy atom. The maximum atomic E-state index is 12.6. The lowest BCUT2D eigenvalue weighted by Crippen LogP contribution is -2.28. The van der Waals surface area contributed by atoms with Gasteiger partial charge in [-0.2, -0.15) is 0 Å². The Morgan fingerprint density at radius 3 is 2.56 bits per heavy atom. The summed E-state index contributed by atoms with van der Waals surface area (Å²) < 4.78 is 17.2. The smallest absolute Gasteiger partial charge is 0.319 e. The third-order valence-corrected chi connectivity index (χ3v) is 2.32. The molecule has 0 N–H and O–H groups in total. The fourth-order valence-electron chi connectivity index (χ4n) is 1.34. The summed E-state index contributed by atoms with van der Waals surface area (Å²) in [6, 6.07) is 6.38. The number of hydrogen-bond donors (Lipinski definition) is 0. The predicted molar refractivity (Wildman–Crippen MR) is 59.6 cm³/mol. The highest BCUT2D eigenvalue weighted by molar-refractivity contribution is 5.71. The van der Waals surface area contributed by atoms with E-state index < -0.39 is 0 Å². The average molecular weight is 225 g/mol. The van der Waals surface area contributed by atoms with Gasteiger partial charge in [-0.05, 0) is 31.2 Å². The SMILES string of the molecule is COC(=O)CN(C)CCc1ccc(F)cc1. The van der Waals surface area contributed by atoms with Crippen LogP contribution >= 0.6 is 0 Å². The number of carbonyl (C=O) groups excluding carboxylic acids is 1. The van der Waals surface area contributed by atoms with Gasteiger partial charge in [0, 0.05) is 6.54 Å². The van der Waals surface area contributed by atoms with Crippen molar-refractivity contribution in [2.24, 2.45) is 0 Å². The molecule has 4 heteroatoms. The van der Waals surface area contributed by atoms with Crippen LogP contribution in [0.15, 0.2) is 24.3 Å². The minimum Gasteiger partial charge on any atom is -0.468 e. The van der Waals surface area contributed by atoms with Crippen molar-refractivity contribution >= 4 is 5.97 Å². The topological polar surface area (TPSA) is 29.5 Å². The maximum absolute atomic E-state index is 12.6. The molecule has 0 aliphatic rings. The van der Waals surface area contributed by atoms with Crippen molar-refractivity contribution in [2.75, 3.05) is 27.2 Å². The number of benzene rings is 1. The molecule has 0 fully saturated rings.